The van der Waals surface area contributed by atoms with E-state index in [9.17, 15) is 9.59 Å². The Kier molecular flexibility index (Phi) is 5.74. The highest BCUT2D eigenvalue weighted by Crippen LogP contribution is 2.18. The van der Waals surface area contributed by atoms with Crippen molar-refractivity contribution < 1.29 is 9.59 Å². The normalized spacial score (nSPS) is 15.7. The largest absolute Gasteiger partial charge is 0.341 e. The van der Waals surface area contributed by atoms with Crippen LogP contribution in [0.15, 0.2) is 12.1 Å². The molecule has 0 saturated carbocycles. The summed E-state index contributed by atoms with van der Waals surface area (Å²) in [7, 11) is 0. The van der Waals surface area contributed by atoms with Gasteiger partial charge >= 0.3 is 0 Å². The first kappa shape index (κ1) is 17.4. The Morgan fingerprint density at radius 1 is 1.13 bits per heavy atom. The number of aromatic nitrogens is 1. The van der Waals surface area contributed by atoms with Gasteiger partial charge < -0.3 is 9.80 Å². The Morgan fingerprint density at radius 3 is 2.39 bits per heavy atom. The van der Waals surface area contributed by atoms with Gasteiger partial charge in [0.25, 0.3) is 5.91 Å². The Hall–Kier alpha value is -1.91. The minimum Gasteiger partial charge on any atom is -0.341 e. The molecule has 0 aromatic carbocycles. The van der Waals surface area contributed by atoms with Crippen molar-refractivity contribution in [3.63, 3.8) is 0 Å². The van der Waals surface area contributed by atoms with Crippen molar-refractivity contribution in [1.29, 1.82) is 0 Å². The molecule has 1 aromatic rings. The van der Waals surface area contributed by atoms with Gasteiger partial charge in [0.1, 0.15) is 0 Å². The van der Waals surface area contributed by atoms with Crippen molar-refractivity contribution >= 4 is 11.8 Å². The van der Waals surface area contributed by atoms with Crippen LogP contribution in [0.5, 0.6) is 0 Å². The second kappa shape index (κ2) is 7.57. The molecular weight excluding hydrogens is 290 g/mol. The molecule has 0 N–H and O–H groups in total. The van der Waals surface area contributed by atoms with Gasteiger partial charge in [0.2, 0.25) is 5.91 Å². The third kappa shape index (κ3) is 4.09. The van der Waals surface area contributed by atoms with Gasteiger partial charge in [-0.1, -0.05) is 20.8 Å². The molecule has 0 unspecified atom stereocenters. The van der Waals surface area contributed by atoms with Crippen molar-refractivity contribution in [2.75, 3.05) is 26.2 Å². The second-order valence-corrected chi connectivity index (χ2v) is 6.39. The lowest BCUT2D eigenvalue weighted by molar-refractivity contribution is -0.128. The van der Waals surface area contributed by atoms with Gasteiger partial charge in [-0.3, -0.25) is 14.6 Å². The molecule has 1 aromatic heterocycles. The molecule has 5 heteroatoms. The molecule has 0 spiro atoms. The van der Waals surface area contributed by atoms with E-state index in [4.69, 9.17) is 0 Å². The van der Waals surface area contributed by atoms with Crippen LogP contribution in [0.4, 0.5) is 0 Å². The number of hydrogen-bond donors (Lipinski definition) is 0. The fourth-order valence-electron chi connectivity index (χ4n) is 2.91. The lowest BCUT2D eigenvalue weighted by Crippen LogP contribution is -2.37. The zero-order valence-electron chi connectivity index (χ0n) is 14.6. The van der Waals surface area contributed by atoms with Gasteiger partial charge in [0, 0.05) is 38.8 Å². The number of amides is 2. The van der Waals surface area contributed by atoms with Crippen LogP contribution in [0.2, 0.25) is 0 Å². The number of rotatable bonds is 3. The fraction of sp³-hybridized carbons (Fsp3) is 0.611. The summed E-state index contributed by atoms with van der Waals surface area (Å²) in [5.74, 6) is 0.471. The predicted molar refractivity (Wildman–Crippen MR) is 90.5 cm³/mol. The molecular formula is C18H27N3O2. The molecule has 5 nitrogen and oxygen atoms in total. The van der Waals surface area contributed by atoms with E-state index < -0.39 is 0 Å². The summed E-state index contributed by atoms with van der Waals surface area (Å²) in [6.45, 7) is 10.4. The molecule has 0 bridgehead atoms. The summed E-state index contributed by atoms with van der Waals surface area (Å²) in [6.07, 6.45) is 1.57. The third-order valence-corrected chi connectivity index (χ3v) is 4.38. The molecule has 1 saturated heterocycles. The van der Waals surface area contributed by atoms with Crippen LogP contribution in [0.3, 0.4) is 0 Å². The molecule has 2 heterocycles. The number of carbonyl (C=O) groups excluding carboxylic acids is 2. The Balaban J connectivity index is 2.18. The molecule has 0 radical (unpaired) electrons. The zero-order valence-corrected chi connectivity index (χ0v) is 14.6. The zero-order chi connectivity index (χ0) is 17.0. The topological polar surface area (TPSA) is 53.5 Å². The minimum absolute atomic E-state index is 0.0371. The van der Waals surface area contributed by atoms with E-state index in [0.29, 0.717) is 31.1 Å². The standard InChI is InChI=1S/C18H27N3O2/c1-5-16-15(7-8-17(19-16)13(2)3)18(23)21-10-6-9-20(11-12-21)14(4)22/h7-8,13H,5-6,9-12H2,1-4H3. The highest BCUT2D eigenvalue weighted by Gasteiger charge is 2.23. The van der Waals surface area contributed by atoms with E-state index in [1.54, 1.807) is 6.92 Å². The molecule has 0 atom stereocenters. The van der Waals surface area contributed by atoms with E-state index in [2.05, 4.69) is 18.8 Å². The maximum atomic E-state index is 12.9. The van der Waals surface area contributed by atoms with Gasteiger partial charge in [0.05, 0.1) is 11.3 Å². The van der Waals surface area contributed by atoms with Crippen molar-refractivity contribution in [1.82, 2.24) is 14.8 Å². The van der Waals surface area contributed by atoms with Gasteiger partial charge in [0.15, 0.2) is 0 Å². The summed E-state index contributed by atoms with van der Waals surface area (Å²) < 4.78 is 0. The quantitative estimate of drug-likeness (QED) is 0.860. The first-order chi connectivity index (χ1) is 10.9. The SMILES string of the molecule is CCc1nc(C(C)C)ccc1C(=O)N1CCCN(C(C)=O)CC1. The third-order valence-electron chi connectivity index (χ3n) is 4.38. The number of pyridine rings is 1. The van der Waals surface area contributed by atoms with Crippen molar-refractivity contribution in [3.8, 4) is 0 Å². The maximum absolute atomic E-state index is 12.9. The summed E-state index contributed by atoms with van der Waals surface area (Å²) >= 11 is 0. The van der Waals surface area contributed by atoms with Crippen LogP contribution in [0, 0.1) is 0 Å². The molecule has 1 aliphatic heterocycles. The summed E-state index contributed by atoms with van der Waals surface area (Å²) in [6, 6.07) is 3.87. The maximum Gasteiger partial charge on any atom is 0.255 e. The molecule has 2 amide bonds. The summed E-state index contributed by atoms with van der Waals surface area (Å²) in [5.41, 5.74) is 2.60. The average molecular weight is 317 g/mol. The van der Waals surface area contributed by atoms with Gasteiger partial charge in [-0.2, -0.15) is 0 Å². The number of aryl methyl sites for hydroxylation is 1. The smallest absolute Gasteiger partial charge is 0.255 e. The Morgan fingerprint density at radius 2 is 1.78 bits per heavy atom. The van der Waals surface area contributed by atoms with Crippen molar-refractivity contribution in [3.05, 3.63) is 29.1 Å². The molecule has 1 aliphatic rings. The minimum atomic E-state index is 0.0371. The van der Waals surface area contributed by atoms with E-state index in [1.165, 1.54) is 0 Å². The Bertz CT molecular complexity index is 584. The molecule has 0 aliphatic carbocycles. The highest BCUT2D eigenvalue weighted by atomic mass is 16.2. The van der Waals surface area contributed by atoms with Crippen LogP contribution in [0.25, 0.3) is 0 Å². The predicted octanol–water partition coefficient (Wildman–Crippen LogP) is 2.46. The molecule has 23 heavy (non-hydrogen) atoms. The second-order valence-electron chi connectivity index (χ2n) is 6.39. The van der Waals surface area contributed by atoms with Crippen LogP contribution in [-0.2, 0) is 11.2 Å². The lowest BCUT2D eigenvalue weighted by Gasteiger charge is -2.22. The molecule has 1 fully saturated rings. The van der Waals surface area contributed by atoms with E-state index in [1.807, 2.05) is 28.9 Å². The molecule has 126 valence electrons. The monoisotopic (exact) mass is 317 g/mol. The summed E-state index contributed by atoms with van der Waals surface area (Å²) in [5, 5.41) is 0. The van der Waals surface area contributed by atoms with Gasteiger partial charge in [-0.15, -0.1) is 0 Å². The first-order valence-corrected chi connectivity index (χ1v) is 8.48. The fourth-order valence-corrected chi connectivity index (χ4v) is 2.91. The van der Waals surface area contributed by atoms with Crippen LogP contribution < -0.4 is 0 Å². The first-order valence-electron chi connectivity index (χ1n) is 8.48. The molecule has 2 rings (SSSR count). The van der Waals surface area contributed by atoms with Gasteiger partial charge in [-0.25, -0.2) is 0 Å². The number of hydrogen-bond acceptors (Lipinski definition) is 3. The van der Waals surface area contributed by atoms with Crippen molar-refractivity contribution in [2.45, 2.75) is 46.5 Å². The average Bonchev–Trinajstić information content (AvgIpc) is 2.79. The van der Waals surface area contributed by atoms with Crippen molar-refractivity contribution in [2.24, 2.45) is 0 Å². The van der Waals surface area contributed by atoms with E-state index in [0.717, 1.165) is 30.8 Å². The summed E-state index contributed by atoms with van der Waals surface area (Å²) in [4.78, 5) is 32.7. The van der Waals surface area contributed by atoms with Crippen LogP contribution >= 0.6 is 0 Å². The lowest BCUT2D eigenvalue weighted by atomic mass is 10.0. The number of carbonyl (C=O) groups is 2. The number of nitrogens with zero attached hydrogens (tertiary/aromatic N) is 3. The van der Waals surface area contributed by atoms with E-state index >= 15 is 0 Å². The van der Waals surface area contributed by atoms with Crippen LogP contribution in [-0.4, -0.2) is 52.8 Å². The van der Waals surface area contributed by atoms with E-state index in [-0.39, 0.29) is 11.8 Å². The van der Waals surface area contributed by atoms with Crippen LogP contribution in [0.1, 0.15) is 61.8 Å². The van der Waals surface area contributed by atoms with Gasteiger partial charge in [-0.05, 0) is 30.9 Å². The highest BCUT2D eigenvalue weighted by molar-refractivity contribution is 5.95. The Labute approximate surface area is 138 Å².